The van der Waals surface area contributed by atoms with E-state index in [1.165, 1.54) is 7.11 Å². The molecule has 1 heterocycles. The van der Waals surface area contributed by atoms with Crippen LogP contribution < -0.4 is 10.5 Å². The summed E-state index contributed by atoms with van der Waals surface area (Å²) in [6.45, 7) is 3.93. The Morgan fingerprint density at radius 2 is 1.95 bits per heavy atom. The van der Waals surface area contributed by atoms with Gasteiger partial charge in [0.1, 0.15) is 0 Å². The average Bonchev–Trinajstić information content (AvgIpc) is 2.82. The van der Waals surface area contributed by atoms with Gasteiger partial charge < -0.3 is 10.5 Å². The first kappa shape index (κ1) is 13.1. The zero-order chi connectivity index (χ0) is 14.0. The topological polar surface area (TPSA) is 70.1 Å². The second kappa shape index (κ2) is 5.14. The molecule has 0 atom stereocenters. The number of hydrogen-bond acceptors (Lipinski definition) is 4. The molecule has 0 spiro atoms. The van der Waals surface area contributed by atoms with Gasteiger partial charge in [-0.15, -0.1) is 0 Å². The van der Waals surface area contributed by atoms with Crippen LogP contribution in [0.2, 0.25) is 0 Å². The molecule has 1 aromatic heterocycles. The third-order valence-corrected chi connectivity index (χ3v) is 2.86. The SMILES string of the molecule is COc1cnn(C(C)C)c1C(=O)c1ccc(N)cc1. The van der Waals surface area contributed by atoms with E-state index in [9.17, 15) is 4.79 Å². The van der Waals surface area contributed by atoms with Gasteiger partial charge in [0, 0.05) is 17.3 Å². The van der Waals surface area contributed by atoms with E-state index in [1.807, 2.05) is 13.8 Å². The third kappa shape index (κ3) is 2.45. The van der Waals surface area contributed by atoms with Crippen molar-refractivity contribution in [1.82, 2.24) is 9.78 Å². The van der Waals surface area contributed by atoms with Crippen molar-refractivity contribution in [3.8, 4) is 5.75 Å². The smallest absolute Gasteiger partial charge is 0.214 e. The Kier molecular flexibility index (Phi) is 3.55. The van der Waals surface area contributed by atoms with Crippen LogP contribution in [-0.2, 0) is 0 Å². The molecule has 100 valence electrons. The number of benzene rings is 1. The fraction of sp³-hybridized carbons (Fsp3) is 0.286. The van der Waals surface area contributed by atoms with E-state index in [4.69, 9.17) is 10.5 Å². The number of nitrogens with two attached hydrogens (primary N) is 1. The van der Waals surface area contributed by atoms with E-state index in [2.05, 4.69) is 5.10 Å². The average molecular weight is 259 g/mol. The number of aromatic nitrogens is 2. The van der Waals surface area contributed by atoms with E-state index in [1.54, 1.807) is 35.1 Å². The van der Waals surface area contributed by atoms with Crippen molar-refractivity contribution < 1.29 is 9.53 Å². The summed E-state index contributed by atoms with van der Waals surface area (Å²) in [6.07, 6.45) is 1.56. The van der Waals surface area contributed by atoms with E-state index in [0.29, 0.717) is 22.7 Å². The molecule has 0 fully saturated rings. The molecular formula is C14H17N3O2. The van der Waals surface area contributed by atoms with Gasteiger partial charge >= 0.3 is 0 Å². The van der Waals surface area contributed by atoms with Crippen LogP contribution in [0, 0.1) is 0 Å². The summed E-state index contributed by atoms with van der Waals surface area (Å²) in [5.41, 5.74) is 7.28. The summed E-state index contributed by atoms with van der Waals surface area (Å²) in [6, 6.07) is 6.89. The highest BCUT2D eigenvalue weighted by Gasteiger charge is 2.22. The normalized spacial score (nSPS) is 10.7. The number of methoxy groups -OCH3 is 1. The summed E-state index contributed by atoms with van der Waals surface area (Å²) in [5.74, 6) is 0.360. The van der Waals surface area contributed by atoms with Crippen LogP contribution >= 0.6 is 0 Å². The van der Waals surface area contributed by atoms with Gasteiger partial charge in [-0.1, -0.05) is 0 Å². The number of ether oxygens (including phenoxy) is 1. The minimum atomic E-state index is -0.122. The second-order valence-corrected chi connectivity index (χ2v) is 4.55. The Bertz CT molecular complexity index is 585. The summed E-state index contributed by atoms with van der Waals surface area (Å²) >= 11 is 0. The largest absolute Gasteiger partial charge is 0.493 e. The summed E-state index contributed by atoms with van der Waals surface area (Å²) < 4.78 is 6.88. The quantitative estimate of drug-likeness (QED) is 0.675. The molecule has 0 radical (unpaired) electrons. The lowest BCUT2D eigenvalue weighted by molar-refractivity contribution is 0.102. The molecule has 0 saturated heterocycles. The van der Waals surface area contributed by atoms with E-state index in [-0.39, 0.29) is 11.8 Å². The first-order chi connectivity index (χ1) is 9.04. The number of hydrogen-bond donors (Lipinski definition) is 1. The molecule has 1 aromatic carbocycles. The van der Waals surface area contributed by atoms with Crippen molar-refractivity contribution in [1.29, 1.82) is 0 Å². The van der Waals surface area contributed by atoms with Crippen molar-refractivity contribution in [2.24, 2.45) is 0 Å². The number of anilines is 1. The molecule has 19 heavy (non-hydrogen) atoms. The highest BCUT2D eigenvalue weighted by atomic mass is 16.5. The second-order valence-electron chi connectivity index (χ2n) is 4.55. The molecular weight excluding hydrogens is 242 g/mol. The van der Waals surface area contributed by atoms with Gasteiger partial charge in [0.05, 0.1) is 13.3 Å². The van der Waals surface area contributed by atoms with Gasteiger partial charge in [-0.2, -0.15) is 5.10 Å². The predicted octanol–water partition coefficient (Wildman–Crippen LogP) is 2.29. The standard InChI is InChI=1S/C14H17N3O2/c1-9(2)17-13(12(19-3)8-16-17)14(18)10-4-6-11(15)7-5-10/h4-9H,15H2,1-3H3. The molecule has 2 rings (SSSR count). The Morgan fingerprint density at radius 1 is 1.32 bits per heavy atom. The van der Waals surface area contributed by atoms with Crippen molar-refractivity contribution in [2.75, 3.05) is 12.8 Å². The lowest BCUT2D eigenvalue weighted by Gasteiger charge is -2.11. The molecule has 0 bridgehead atoms. The Labute approximate surface area is 112 Å². The number of carbonyl (C=O) groups is 1. The number of nitrogen functional groups attached to an aromatic ring is 1. The van der Waals surface area contributed by atoms with Gasteiger partial charge in [0.2, 0.25) is 5.78 Å². The first-order valence-electron chi connectivity index (χ1n) is 6.06. The van der Waals surface area contributed by atoms with Gasteiger partial charge in [-0.3, -0.25) is 9.48 Å². The maximum Gasteiger partial charge on any atom is 0.214 e. The molecule has 0 unspecified atom stereocenters. The zero-order valence-electron chi connectivity index (χ0n) is 11.3. The van der Waals surface area contributed by atoms with Crippen molar-refractivity contribution in [3.63, 3.8) is 0 Å². The molecule has 5 nitrogen and oxygen atoms in total. The Hall–Kier alpha value is -2.30. The van der Waals surface area contributed by atoms with E-state index in [0.717, 1.165) is 0 Å². The first-order valence-corrected chi connectivity index (χ1v) is 6.06. The summed E-state index contributed by atoms with van der Waals surface area (Å²) in [4.78, 5) is 12.5. The lowest BCUT2D eigenvalue weighted by atomic mass is 10.1. The maximum absolute atomic E-state index is 12.5. The fourth-order valence-corrected chi connectivity index (χ4v) is 1.87. The number of ketones is 1. The molecule has 0 amide bonds. The Balaban J connectivity index is 2.48. The number of rotatable bonds is 4. The number of carbonyl (C=O) groups excluding carboxylic acids is 1. The molecule has 2 N–H and O–H groups in total. The maximum atomic E-state index is 12.5. The molecule has 0 aliphatic rings. The van der Waals surface area contributed by atoms with Crippen LogP contribution in [0.15, 0.2) is 30.5 Å². The van der Waals surface area contributed by atoms with E-state index >= 15 is 0 Å². The molecule has 0 saturated carbocycles. The number of nitrogens with zero attached hydrogens (tertiary/aromatic N) is 2. The molecule has 0 aliphatic heterocycles. The monoisotopic (exact) mass is 259 g/mol. The van der Waals surface area contributed by atoms with Crippen LogP contribution in [0.4, 0.5) is 5.69 Å². The van der Waals surface area contributed by atoms with Crippen LogP contribution in [-0.4, -0.2) is 22.7 Å². The minimum Gasteiger partial charge on any atom is -0.493 e. The van der Waals surface area contributed by atoms with Gasteiger partial charge in [-0.25, -0.2) is 0 Å². The lowest BCUT2D eigenvalue weighted by Crippen LogP contribution is -2.14. The predicted molar refractivity (Wildman–Crippen MR) is 73.5 cm³/mol. The molecule has 5 heteroatoms. The van der Waals surface area contributed by atoms with Gasteiger partial charge in [0.15, 0.2) is 11.4 Å². The van der Waals surface area contributed by atoms with Gasteiger partial charge in [0.25, 0.3) is 0 Å². The van der Waals surface area contributed by atoms with Crippen molar-refractivity contribution >= 4 is 11.5 Å². The van der Waals surface area contributed by atoms with E-state index < -0.39 is 0 Å². The van der Waals surface area contributed by atoms with Crippen LogP contribution in [0.1, 0.15) is 35.9 Å². The summed E-state index contributed by atoms with van der Waals surface area (Å²) in [7, 11) is 1.53. The van der Waals surface area contributed by atoms with Crippen LogP contribution in [0.5, 0.6) is 5.75 Å². The minimum absolute atomic E-state index is 0.0802. The van der Waals surface area contributed by atoms with Crippen LogP contribution in [0.25, 0.3) is 0 Å². The third-order valence-electron chi connectivity index (χ3n) is 2.86. The molecule has 2 aromatic rings. The summed E-state index contributed by atoms with van der Waals surface area (Å²) in [5, 5.41) is 4.20. The van der Waals surface area contributed by atoms with Crippen molar-refractivity contribution in [3.05, 3.63) is 41.7 Å². The zero-order valence-corrected chi connectivity index (χ0v) is 11.3. The van der Waals surface area contributed by atoms with Crippen LogP contribution in [0.3, 0.4) is 0 Å². The highest BCUT2D eigenvalue weighted by Crippen LogP contribution is 2.24. The van der Waals surface area contributed by atoms with Gasteiger partial charge in [-0.05, 0) is 38.1 Å². The van der Waals surface area contributed by atoms with Crippen molar-refractivity contribution in [2.45, 2.75) is 19.9 Å². The highest BCUT2D eigenvalue weighted by molar-refractivity contribution is 6.09. The Morgan fingerprint density at radius 3 is 2.47 bits per heavy atom. The fourth-order valence-electron chi connectivity index (χ4n) is 1.87. The molecule has 0 aliphatic carbocycles.